The van der Waals surface area contributed by atoms with Gasteiger partial charge in [-0.1, -0.05) is 6.07 Å². The molecular weight excluding hydrogens is 218 g/mol. The number of ether oxygens (including phenoxy) is 1. The molecule has 1 aliphatic heterocycles. The molecule has 0 saturated carbocycles. The smallest absolute Gasteiger partial charge is 0.350 e. The minimum Gasteiger partial charge on any atom is -0.483 e. The molecule has 0 N–H and O–H groups in total. The first-order valence-electron chi connectivity index (χ1n) is 5.63. The van der Waals surface area contributed by atoms with Gasteiger partial charge in [0.2, 0.25) is 0 Å². The maximum absolute atomic E-state index is 12.1. The molecule has 0 spiro atoms. The van der Waals surface area contributed by atoms with Crippen molar-refractivity contribution in [3.63, 3.8) is 0 Å². The molecule has 0 unspecified atom stereocenters. The lowest BCUT2D eigenvalue weighted by atomic mass is 10.2. The van der Waals surface area contributed by atoms with Gasteiger partial charge in [-0.15, -0.1) is 0 Å². The van der Waals surface area contributed by atoms with E-state index in [0.29, 0.717) is 19.0 Å². The Kier molecular flexibility index (Phi) is 2.07. The van der Waals surface area contributed by atoms with Crippen LogP contribution < -0.4 is 10.4 Å². The van der Waals surface area contributed by atoms with Gasteiger partial charge < -0.3 is 4.74 Å². The number of benzene rings is 1. The van der Waals surface area contributed by atoms with Crippen LogP contribution in [0.1, 0.15) is 18.3 Å². The number of rotatable bonds is 1. The summed E-state index contributed by atoms with van der Waals surface area (Å²) in [6.45, 7) is 4.81. The van der Waals surface area contributed by atoms with Crippen molar-refractivity contribution in [3.8, 4) is 11.4 Å². The quantitative estimate of drug-likeness (QED) is 0.742. The van der Waals surface area contributed by atoms with Crippen LogP contribution >= 0.6 is 0 Å². The first kappa shape index (κ1) is 10.1. The van der Waals surface area contributed by atoms with E-state index in [2.05, 4.69) is 5.10 Å². The highest BCUT2D eigenvalue weighted by molar-refractivity contribution is 5.50. The molecule has 0 amide bonds. The van der Waals surface area contributed by atoms with Gasteiger partial charge in [0.15, 0.2) is 5.82 Å². The molecule has 0 bridgehead atoms. The van der Waals surface area contributed by atoms with Gasteiger partial charge in [-0.25, -0.2) is 14.0 Å². The second kappa shape index (κ2) is 3.48. The molecule has 5 nitrogen and oxygen atoms in total. The molecule has 0 atom stereocenters. The van der Waals surface area contributed by atoms with Crippen molar-refractivity contribution in [2.75, 3.05) is 0 Å². The van der Waals surface area contributed by atoms with E-state index in [1.54, 1.807) is 4.57 Å². The van der Waals surface area contributed by atoms with E-state index in [1.165, 1.54) is 4.68 Å². The monoisotopic (exact) mass is 231 g/mol. The Hall–Kier alpha value is -2.04. The average Bonchev–Trinajstić information content (AvgIpc) is 2.66. The Bertz CT molecular complexity index is 640. The SMILES string of the molecule is CCn1nc2n(c1=O)-c1cc(C)ccc1OC2. The van der Waals surface area contributed by atoms with Gasteiger partial charge in [0.25, 0.3) is 0 Å². The third-order valence-corrected chi connectivity index (χ3v) is 2.92. The Morgan fingerprint density at radius 1 is 1.47 bits per heavy atom. The van der Waals surface area contributed by atoms with E-state index in [9.17, 15) is 4.79 Å². The molecule has 3 rings (SSSR count). The second-order valence-corrected chi connectivity index (χ2v) is 4.11. The lowest BCUT2D eigenvalue weighted by Gasteiger charge is -2.17. The third-order valence-electron chi connectivity index (χ3n) is 2.92. The Morgan fingerprint density at radius 3 is 3.06 bits per heavy atom. The molecule has 0 saturated heterocycles. The van der Waals surface area contributed by atoms with Crippen molar-refractivity contribution in [3.05, 3.63) is 40.1 Å². The lowest BCUT2D eigenvalue weighted by molar-refractivity contribution is 0.278. The highest BCUT2D eigenvalue weighted by Crippen LogP contribution is 2.28. The zero-order valence-electron chi connectivity index (χ0n) is 9.80. The van der Waals surface area contributed by atoms with Crippen LogP contribution in [-0.4, -0.2) is 14.3 Å². The van der Waals surface area contributed by atoms with Gasteiger partial charge in [-0.05, 0) is 31.5 Å². The van der Waals surface area contributed by atoms with Crippen molar-refractivity contribution in [2.24, 2.45) is 0 Å². The van der Waals surface area contributed by atoms with Crippen LogP contribution in [0, 0.1) is 6.92 Å². The summed E-state index contributed by atoms with van der Waals surface area (Å²) in [6, 6.07) is 5.81. The van der Waals surface area contributed by atoms with Crippen LogP contribution in [0.3, 0.4) is 0 Å². The number of hydrogen-bond acceptors (Lipinski definition) is 3. The summed E-state index contributed by atoms with van der Waals surface area (Å²) < 4.78 is 8.67. The molecular formula is C12H13N3O2. The highest BCUT2D eigenvalue weighted by atomic mass is 16.5. The van der Waals surface area contributed by atoms with Gasteiger partial charge in [-0.2, -0.15) is 5.10 Å². The fourth-order valence-corrected chi connectivity index (χ4v) is 2.06. The van der Waals surface area contributed by atoms with E-state index in [-0.39, 0.29) is 5.69 Å². The number of nitrogens with zero attached hydrogens (tertiary/aromatic N) is 3. The normalized spacial score (nSPS) is 12.8. The summed E-state index contributed by atoms with van der Waals surface area (Å²) in [4.78, 5) is 12.1. The maximum atomic E-state index is 12.1. The molecule has 1 aromatic carbocycles. The Balaban J connectivity index is 2.31. The number of fused-ring (bicyclic) bond motifs is 3. The minimum atomic E-state index is -0.0994. The molecule has 1 aromatic heterocycles. The number of aromatic nitrogens is 3. The van der Waals surface area contributed by atoms with Crippen LogP contribution in [0.4, 0.5) is 0 Å². The van der Waals surface area contributed by atoms with Crippen molar-refractivity contribution >= 4 is 0 Å². The van der Waals surface area contributed by atoms with Crippen LogP contribution in [0.15, 0.2) is 23.0 Å². The fraction of sp³-hybridized carbons (Fsp3) is 0.333. The minimum absolute atomic E-state index is 0.0994. The van der Waals surface area contributed by atoms with Gasteiger partial charge >= 0.3 is 5.69 Å². The standard InChI is InChI=1S/C12H13N3O2/c1-3-14-12(16)15-9-6-8(2)4-5-10(9)17-7-11(15)13-14/h4-6H,3,7H2,1-2H3. The van der Waals surface area contributed by atoms with Crippen molar-refractivity contribution in [1.82, 2.24) is 14.3 Å². The van der Waals surface area contributed by atoms with Gasteiger partial charge in [-0.3, -0.25) is 0 Å². The number of aryl methyl sites for hydroxylation is 2. The molecule has 0 radical (unpaired) electrons. The molecule has 17 heavy (non-hydrogen) atoms. The van der Waals surface area contributed by atoms with E-state index in [4.69, 9.17) is 4.74 Å². The zero-order chi connectivity index (χ0) is 12.0. The topological polar surface area (TPSA) is 49.0 Å². The summed E-state index contributed by atoms with van der Waals surface area (Å²) in [5.41, 5.74) is 1.78. The summed E-state index contributed by atoms with van der Waals surface area (Å²) in [6.07, 6.45) is 0. The first-order chi connectivity index (χ1) is 8.20. The van der Waals surface area contributed by atoms with Crippen LogP contribution in [0.2, 0.25) is 0 Å². The second-order valence-electron chi connectivity index (χ2n) is 4.11. The van der Waals surface area contributed by atoms with Crippen LogP contribution in [0.25, 0.3) is 5.69 Å². The summed E-state index contributed by atoms with van der Waals surface area (Å²) >= 11 is 0. The van der Waals surface area contributed by atoms with E-state index < -0.39 is 0 Å². The molecule has 5 heteroatoms. The van der Waals surface area contributed by atoms with Gasteiger partial charge in [0, 0.05) is 6.54 Å². The molecule has 0 fully saturated rings. The predicted octanol–water partition coefficient (Wildman–Crippen LogP) is 1.25. The van der Waals surface area contributed by atoms with Gasteiger partial charge in [0.05, 0.1) is 5.69 Å². The summed E-state index contributed by atoms with van der Waals surface area (Å²) in [5.74, 6) is 1.40. The molecule has 88 valence electrons. The first-order valence-corrected chi connectivity index (χ1v) is 5.63. The molecule has 2 heterocycles. The zero-order valence-corrected chi connectivity index (χ0v) is 9.80. The fourth-order valence-electron chi connectivity index (χ4n) is 2.06. The molecule has 2 aromatic rings. The lowest BCUT2D eigenvalue weighted by Crippen LogP contribution is -2.26. The van der Waals surface area contributed by atoms with Crippen molar-refractivity contribution in [1.29, 1.82) is 0 Å². The summed E-state index contributed by atoms with van der Waals surface area (Å²) in [5, 5.41) is 4.24. The van der Waals surface area contributed by atoms with Crippen molar-refractivity contribution in [2.45, 2.75) is 27.0 Å². The molecule has 1 aliphatic rings. The molecule has 0 aliphatic carbocycles. The van der Waals surface area contributed by atoms with Crippen LogP contribution in [0.5, 0.6) is 5.75 Å². The average molecular weight is 231 g/mol. The van der Waals surface area contributed by atoms with E-state index in [0.717, 1.165) is 17.0 Å². The van der Waals surface area contributed by atoms with E-state index >= 15 is 0 Å². The largest absolute Gasteiger partial charge is 0.483 e. The predicted molar refractivity (Wildman–Crippen MR) is 62.6 cm³/mol. The highest BCUT2D eigenvalue weighted by Gasteiger charge is 2.22. The Morgan fingerprint density at radius 2 is 2.29 bits per heavy atom. The van der Waals surface area contributed by atoms with Crippen molar-refractivity contribution < 1.29 is 4.74 Å². The maximum Gasteiger partial charge on any atom is 0.350 e. The van der Waals surface area contributed by atoms with Crippen LogP contribution in [-0.2, 0) is 13.2 Å². The van der Waals surface area contributed by atoms with E-state index in [1.807, 2.05) is 32.0 Å². The summed E-state index contributed by atoms with van der Waals surface area (Å²) in [7, 11) is 0. The van der Waals surface area contributed by atoms with Gasteiger partial charge in [0.1, 0.15) is 12.4 Å². The number of hydrogen-bond donors (Lipinski definition) is 0. The Labute approximate surface area is 98.3 Å². The third kappa shape index (κ3) is 1.39.